The quantitative estimate of drug-likeness (QED) is 0.123. The molecule has 0 aliphatic heterocycles. The van der Waals surface area contributed by atoms with Crippen molar-refractivity contribution in [1.29, 1.82) is 0 Å². The van der Waals surface area contributed by atoms with Gasteiger partial charge in [-0.2, -0.15) is 0 Å². The van der Waals surface area contributed by atoms with Crippen molar-refractivity contribution in [1.82, 2.24) is 0 Å². The maximum Gasteiger partial charge on any atom is 0.206 e. The van der Waals surface area contributed by atoms with Crippen molar-refractivity contribution in [2.75, 3.05) is 9.80 Å². The second-order valence-electron chi connectivity index (χ2n) is 15.8. The van der Waals surface area contributed by atoms with Gasteiger partial charge in [0.05, 0.1) is 9.79 Å². The third-order valence-electron chi connectivity index (χ3n) is 11.7. The Morgan fingerprint density at radius 1 is 0.200 bits per heavy atom. The molecular weight excluding hydrogens is 813 g/mol. The zero-order valence-electron chi connectivity index (χ0n) is 35.5. The molecule has 0 heterocycles. The molecule has 0 bridgehead atoms. The summed E-state index contributed by atoms with van der Waals surface area (Å²) in [5.41, 5.74) is 14.5. The molecule has 10 rings (SSSR count). The van der Waals surface area contributed by atoms with Gasteiger partial charge in [0.2, 0.25) is 9.84 Å². The average molecular weight is 857 g/mol. The fourth-order valence-corrected chi connectivity index (χ4v) is 9.57. The van der Waals surface area contributed by atoms with Gasteiger partial charge < -0.3 is 9.80 Å². The lowest BCUT2D eigenvalue weighted by Gasteiger charge is -2.26. The number of hydrogen-bond donors (Lipinski definition) is 0. The summed E-state index contributed by atoms with van der Waals surface area (Å²) in [6, 6.07) is 89.5. The molecule has 0 spiro atoms. The van der Waals surface area contributed by atoms with E-state index in [0.29, 0.717) is 0 Å². The highest BCUT2D eigenvalue weighted by molar-refractivity contribution is 7.91. The summed E-state index contributed by atoms with van der Waals surface area (Å²) in [4.78, 5) is 4.75. The Bertz CT molecular complexity index is 2850. The topological polar surface area (TPSA) is 40.6 Å². The first-order valence-electron chi connectivity index (χ1n) is 21.7. The Morgan fingerprint density at radius 2 is 0.369 bits per heavy atom. The van der Waals surface area contributed by atoms with Crippen molar-refractivity contribution in [2.45, 2.75) is 9.79 Å². The summed E-state index contributed by atoms with van der Waals surface area (Å²) in [6.45, 7) is 0. The molecule has 10 aromatic rings. The van der Waals surface area contributed by atoms with Crippen LogP contribution in [0.1, 0.15) is 0 Å². The number of nitrogens with zero attached hydrogens (tertiary/aromatic N) is 2. The highest BCUT2D eigenvalue weighted by atomic mass is 32.2. The second kappa shape index (κ2) is 18.2. The van der Waals surface area contributed by atoms with Crippen molar-refractivity contribution >= 4 is 44.0 Å². The normalized spacial score (nSPS) is 11.2. The van der Waals surface area contributed by atoms with E-state index in [1.165, 1.54) is 0 Å². The van der Waals surface area contributed by atoms with E-state index < -0.39 is 9.84 Å². The molecule has 0 saturated heterocycles. The van der Waals surface area contributed by atoms with Crippen molar-refractivity contribution in [3.05, 3.63) is 267 Å². The monoisotopic (exact) mass is 856 g/mol. The van der Waals surface area contributed by atoms with Crippen molar-refractivity contribution in [3.63, 3.8) is 0 Å². The Balaban J connectivity index is 0.957. The Kier molecular flexibility index (Phi) is 11.4. The van der Waals surface area contributed by atoms with Gasteiger partial charge in [-0.15, -0.1) is 0 Å². The largest absolute Gasteiger partial charge is 0.311 e. The van der Waals surface area contributed by atoms with Gasteiger partial charge in [0.25, 0.3) is 0 Å². The third kappa shape index (κ3) is 8.74. The average Bonchev–Trinajstić information content (AvgIpc) is 3.39. The van der Waals surface area contributed by atoms with Crippen LogP contribution in [0.4, 0.5) is 34.1 Å². The van der Waals surface area contributed by atoms with Crippen molar-refractivity contribution in [3.8, 4) is 44.5 Å². The van der Waals surface area contributed by atoms with Crippen molar-refractivity contribution < 1.29 is 8.42 Å². The van der Waals surface area contributed by atoms with Crippen LogP contribution in [0.3, 0.4) is 0 Å². The predicted molar refractivity (Wildman–Crippen MR) is 269 cm³/mol. The highest BCUT2D eigenvalue weighted by Crippen LogP contribution is 2.40. The minimum atomic E-state index is -3.86. The lowest BCUT2D eigenvalue weighted by atomic mass is 10.0. The van der Waals surface area contributed by atoms with Crippen LogP contribution in [0.15, 0.2) is 277 Å². The summed E-state index contributed by atoms with van der Waals surface area (Å²) in [7, 11) is -3.86. The predicted octanol–water partition coefficient (Wildman–Crippen LogP) is 16.1. The van der Waals surface area contributed by atoms with Crippen LogP contribution in [-0.4, -0.2) is 8.42 Å². The summed E-state index contributed by atoms with van der Waals surface area (Å²) in [6.07, 6.45) is 0. The van der Waals surface area contributed by atoms with Crippen molar-refractivity contribution in [2.24, 2.45) is 0 Å². The minimum absolute atomic E-state index is 0.220. The summed E-state index contributed by atoms with van der Waals surface area (Å²) in [5.74, 6) is 0. The molecule has 4 nitrogen and oxygen atoms in total. The minimum Gasteiger partial charge on any atom is -0.311 e. The van der Waals surface area contributed by atoms with Gasteiger partial charge in [0.1, 0.15) is 0 Å². The number of rotatable bonds is 12. The molecule has 0 saturated carbocycles. The van der Waals surface area contributed by atoms with Crippen LogP contribution < -0.4 is 9.80 Å². The van der Waals surface area contributed by atoms with E-state index in [4.69, 9.17) is 0 Å². The van der Waals surface area contributed by atoms with Gasteiger partial charge in [-0.25, -0.2) is 8.42 Å². The maximum atomic E-state index is 14.3. The van der Waals surface area contributed by atoms with Crippen LogP contribution in [0.2, 0.25) is 0 Å². The van der Waals surface area contributed by atoms with E-state index in [1.807, 2.05) is 97.1 Å². The fourth-order valence-electron chi connectivity index (χ4n) is 8.31. The molecule has 10 aromatic carbocycles. The van der Waals surface area contributed by atoms with Crippen LogP contribution in [0, 0.1) is 0 Å². The first-order chi connectivity index (χ1) is 32.0. The molecule has 0 radical (unpaired) electrons. The van der Waals surface area contributed by atoms with E-state index in [0.717, 1.165) is 78.6 Å². The van der Waals surface area contributed by atoms with Gasteiger partial charge >= 0.3 is 0 Å². The van der Waals surface area contributed by atoms with E-state index >= 15 is 0 Å². The summed E-state index contributed by atoms with van der Waals surface area (Å²) >= 11 is 0. The summed E-state index contributed by atoms with van der Waals surface area (Å²) < 4.78 is 28.7. The standard InChI is InChI=1S/C60H44N2O2S/c63-65(64,59-41-37-57(38-42-59)61(53-29-21-49(22-30-53)45-13-5-1-6-14-45)54-31-23-50(24-32-54)46-15-7-2-8-16-46)60-43-39-58(40-44-60)62(55-33-25-51(26-34-55)47-17-9-3-10-18-47)56-35-27-52(28-36-56)48-19-11-4-12-20-48/h1-44H. The number of sulfone groups is 1. The molecule has 65 heavy (non-hydrogen) atoms. The molecule has 312 valence electrons. The zero-order valence-corrected chi connectivity index (χ0v) is 36.3. The Hall–Kier alpha value is -8.25. The molecule has 0 fully saturated rings. The first kappa shape index (κ1) is 40.8. The van der Waals surface area contributed by atoms with E-state index in [-0.39, 0.29) is 9.79 Å². The number of anilines is 6. The lowest BCUT2D eigenvalue weighted by molar-refractivity contribution is 0.596. The second-order valence-corrected chi connectivity index (χ2v) is 17.8. The molecule has 0 aromatic heterocycles. The molecule has 0 amide bonds. The smallest absolute Gasteiger partial charge is 0.206 e. The SMILES string of the molecule is O=S(=O)(c1ccc(N(c2ccc(-c3ccccc3)cc2)c2ccc(-c3ccccc3)cc2)cc1)c1ccc(N(c2ccc(-c3ccccc3)cc2)c2ccc(-c3ccccc3)cc2)cc1. The highest BCUT2D eigenvalue weighted by Gasteiger charge is 2.21. The van der Waals surface area contributed by atoms with Gasteiger partial charge in [0, 0.05) is 34.1 Å². The number of benzene rings is 10. The third-order valence-corrected chi connectivity index (χ3v) is 13.5. The molecule has 0 atom stereocenters. The van der Waals surface area contributed by atoms with E-state index in [1.54, 1.807) is 24.3 Å². The number of hydrogen-bond acceptors (Lipinski definition) is 4. The van der Waals surface area contributed by atoms with Crippen LogP contribution in [-0.2, 0) is 9.84 Å². The molecule has 5 heteroatoms. The van der Waals surface area contributed by atoms with Gasteiger partial charge in [0.15, 0.2) is 0 Å². The van der Waals surface area contributed by atoms with Gasteiger partial charge in [-0.05, 0) is 142 Å². The zero-order chi connectivity index (χ0) is 44.0. The molecule has 0 N–H and O–H groups in total. The van der Waals surface area contributed by atoms with Crippen LogP contribution in [0.25, 0.3) is 44.5 Å². The maximum absolute atomic E-state index is 14.3. The van der Waals surface area contributed by atoms with Gasteiger partial charge in [-0.1, -0.05) is 170 Å². The van der Waals surface area contributed by atoms with E-state index in [2.05, 4.69) is 155 Å². The lowest BCUT2D eigenvalue weighted by Crippen LogP contribution is -2.11. The molecular formula is C60H44N2O2S. The first-order valence-corrected chi connectivity index (χ1v) is 23.1. The molecule has 0 aliphatic rings. The fraction of sp³-hybridized carbons (Fsp3) is 0. The molecule has 0 unspecified atom stereocenters. The van der Waals surface area contributed by atoms with Crippen LogP contribution >= 0.6 is 0 Å². The molecule has 0 aliphatic carbocycles. The van der Waals surface area contributed by atoms with Gasteiger partial charge in [-0.3, -0.25) is 0 Å². The Morgan fingerprint density at radius 3 is 0.569 bits per heavy atom. The Labute approximate surface area is 381 Å². The van der Waals surface area contributed by atoms with E-state index in [9.17, 15) is 8.42 Å². The summed E-state index contributed by atoms with van der Waals surface area (Å²) in [5, 5.41) is 0. The van der Waals surface area contributed by atoms with Crippen LogP contribution in [0.5, 0.6) is 0 Å².